The van der Waals surface area contributed by atoms with E-state index in [1.165, 1.54) is 26.4 Å². The molecule has 0 unspecified atom stereocenters. The van der Waals surface area contributed by atoms with E-state index in [0.717, 1.165) is 5.41 Å². The second-order valence-electron chi connectivity index (χ2n) is 5.17. The van der Waals surface area contributed by atoms with Crippen LogP contribution in [-0.2, 0) is 9.53 Å². The lowest BCUT2D eigenvalue weighted by molar-refractivity contribution is -0.120. The molecule has 5 nitrogen and oxygen atoms in total. The largest absolute Gasteiger partial charge is 0.453 e. The maximum atomic E-state index is 10.7. The molecule has 0 spiro atoms. The summed E-state index contributed by atoms with van der Waals surface area (Å²) in [5, 5.41) is 4.76. The number of amides is 2. The Morgan fingerprint density at radius 3 is 1.79 bits per heavy atom. The number of rotatable bonds is 3. The minimum absolute atomic E-state index is 0.0412. The van der Waals surface area contributed by atoms with Gasteiger partial charge in [-0.3, -0.25) is 4.79 Å². The molecule has 2 amide bonds. The molecule has 0 saturated heterocycles. The van der Waals surface area contributed by atoms with E-state index in [1.54, 1.807) is 6.92 Å². The normalized spacial score (nSPS) is 13.8. The van der Waals surface area contributed by atoms with Crippen molar-refractivity contribution in [2.45, 2.75) is 53.9 Å². The van der Waals surface area contributed by atoms with Crippen molar-refractivity contribution in [1.82, 2.24) is 10.6 Å². The van der Waals surface area contributed by atoms with Crippen LogP contribution in [0.2, 0.25) is 0 Å². The van der Waals surface area contributed by atoms with Crippen LogP contribution in [0.5, 0.6) is 0 Å². The smallest absolute Gasteiger partial charge is 0.407 e. The Labute approximate surface area is 117 Å². The standard InChI is InChI=1S/C6H12N2O3.C5H10.C3H8/c1-3-7-5(9)4-8-6(10)11-2;1-5(2)3-4-5;1-3-2/h3-4H2,1-2H3,(H,7,9)(H,8,10);3-4H2,1-2H3;3H2,1-2H3. The lowest BCUT2D eigenvalue weighted by Crippen LogP contribution is -2.36. The van der Waals surface area contributed by atoms with E-state index in [0.29, 0.717) is 6.54 Å². The predicted molar refractivity (Wildman–Crippen MR) is 78.1 cm³/mol. The first-order valence-corrected chi connectivity index (χ1v) is 6.91. The molecule has 0 aromatic carbocycles. The van der Waals surface area contributed by atoms with Crippen molar-refractivity contribution < 1.29 is 14.3 Å². The van der Waals surface area contributed by atoms with E-state index < -0.39 is 6.09 Å². The van der Waals surface area contributed by atoms with Crippen molar-refractivity contribution in [3.8, 4) is 0 Å². The SMILES string of the molecule is CC1(C)CC1.CCC.CCNC(=O)CNC(=O)OC. The number of carbonyl (C=O) groups excluding carboxylic acids is 2. The minimum atomic E-state index is -0.601. The quantitative estimate of drug-likeness (QED) is 0.831. The summed E-state index contributed by atoms with van der Waals surface area (Å²) in [5.41, 5.74) is 0.750. The Morgan fingerprint density at radius 2 is 1.53 bits per heavy atom. The Kier molecular flexibility index (Phi) is 12.5. The maximum absolute atomic E-state index is 10.7. The first-order chi connectivity index (χ1) is 8.82. The number of alkyl carbamates (subject to hydrolysis) is 1. The molecule has 0 aliphatic heterocycles. The van der Waals surface area contributed by atoms with Crippen molar-refractivity contribution in [2.75, 3.05) is 20.2 Å². The van der Waals surface area contributed by atoms with Crippen molar-refractivity contribution in [1.29, 1.82) is 0 Å². The number of likely N-dealkylation sites (N-methyl/N-ethyl adjacent to an activating group) is 1. The van der Waals surface area contributed by atoms with Crippen molar-refractivity contribution in [3.05, 3.63) is 0 Å². The van der Waals surface area contributed by atoms with E-state index in [9.17, 15) is 9.59 Å². The molecule has 0 radical (unpaired) electrons. The molecule has 19 heavy (non-hydrogen) atoms. The topological polar surface area (TPSA) is 67.4 Å². The number of nitrogens with one attached hydrogen (secondary N) is 2. The van der Waals surface area contributed by atoms with Crippen LogP contribution in [0, 0.1) is 5.41 Å². The van der Waals surface area contributed by atoms with Gasteiger partial charge in [0, 0.05) is 6.54 Å². The summed E-state index contributed by atoms with van der Waals surface area (Å²) in [6, 6.07) is 0. The minimum Gasteiger partial charge on any atom is -0.453 e. The summed E-state index contributed by atoms with van der Waals surface area (Å²) in [4.78, 5) is 21.1. The van der Waals surface area contributed by atoms with Crippen LogP contribution in [0.25, 0.3) is 0 Å². The highest BCUT2D eigenvalue weighted by molar-refractivity contribution is 5.81. The van der Waals surface area contributed by atoms with Gasteiger partial charge in [0.1, 0.15) is 0 Å². The molecular formula is C14H30N2O3. The first-order valence-electron chi connectivity index (χ1n) is 6.91. The predicted octanol–water partition coefficient (Wildman–Crippen LogP) is 2.70. The molecule has 0 atom stereocenters. The number of hydrogen-bond donors (Lipinski definition) is 2. The fourth-order valence-electron chi connectivity index (χ4n) is 0.734. The van der Waals surface area contributed by atoms with Crippen molar-refractivity contribution >= 4 is 12.0 Å². The number of methoxy groups -OCH3 is 1. The lowest BCUT2D eigenvalue weighted by Gasteiger charge is -2.02. The summed E-state index contributed by atoms with van der Waals surface area (Å²) in [6.45, 7) is 11.2. The molecule has 2 N–H and O–H groups in total. The van der Waals surface area contributed by atoms with E-state index in [-0.39, 0.29) is 12.5 Å². The van der Waals surface area contributed by atoms with E-state index in [1.807, 2.05) is 0 Å². The zero-order valence-corrected chi connectivity index (χ0v) is 13.3. The highest BCUT2D eigenvalue weighted by Gasteiger charge is 2.30. The number of carbonyl (C=O) groups is 2. The molecule has 5 heteroatoms. The summed E-state index contributed by atoms with van der Waals surface area (Å²) in [6.07, 6.45) is 3.55. The Hall–Kier alpha value is -1.26. The van der Waals surface area contributed by atoms with Crippen LogP contribution in [0.3, 0.4) is 0 Å². The third kappa shape index (κ3) is 19.3. The number of ether oxygens (including phenoxy) is 1. The second-order valence-corrected chi connectivity index (χ2v) is 5.17. The van der Waals surface area contributed by atoms with E-state index in [4.69, 9.17) is 0 Å². The van der Waals surface area contributed by atoms with Crippen LogP contribution in [-0.4, -0.2) is 32.2 Å². The molecular weight excluding hydrogens is 244 g/mol. The third-order valence-corrected chi connectivity index (χ3v) is 2.20. The van der Waals surface area contributed by atoms with Gasteiger partial charge in [-0.2, -0.15) is 0 Å². The third-order valence-electron chi connectivity index (χ3n) is 2.20. The Morgan fingerprint density at radius 1 is 1.11 bits per heavy atom. The summed E-state index contributed by atoms with van der Waals surface area (Å²) in [7, 11) is 1.24. The van der Waals surface area contributed by atoms with Gasteiger partial charge in [-0.1, -0.05) is 34.1 Å². The van der Waals surface area contributed by atoms with Crippen molar-refractivity contribution in [3.63, 3.8) is 0 Å². The highest BCUT2D eigenvalue weighted by Crippen LogP contribution is 2.43. The molecule has 1 aliphatic carbocycles. The molecule has 1 saturated carbocycles. The Bertz CT molecular complexity index is 247. The summed E-state index contributed by atoms with van der Waals surface area (Å²) < 4.78 is 4.25. The van der Waals surface area contributed by atoms with Gasteiger partial charge in [-0.15, -0.1) is 0 Å². The monoisotopic (exact) mass is 274 g/mol. The van der Waals surface area contributed by atoms with Gasteiger partial charge in [0.05, 0.1) is 13.7 Å². The highest BCUT2D eigenvalue weighted by atomic mass is 16.5. The van der Waals surface area contributed by atoms with Crippen molar-refractivity contribution in [2.24, 2.45) is 5.41 Å². The molecule has 0 bridgehead atoms. The molecule has 1 aliphatic rings. The van der Waals surface area contributed by atoms with Crippen LogP contribution >= 0.6 is 0 Å². The van der Waals surface area contributed by atoms with Gasteiger partial charge in [0.15, 0.2) is 0 Å². The molecule has 1 fully saturated rings. The molecule has 0 aromatic heterocycles. The molecule has 114 valence electrons. The average Bonchev–Trinajstić information content (AvgIpc) is 3.04. The van der Waals surface area contributed by atoms with E-state index >= 15 is 0 Å². The van der Waals surface area contributed by atoms with Gasteiger partial charge in [-0.25, -0.2) is 4.79 Å². The fraction of sp³-hybridized carbons (Fsp3) is 0.857. The van der Waals surface area contributed by atoms with Crippen LogP contribution in [0.4, 0.5) is 4.79 Å². The fourth-order valence-corrected chi connectivity index (χ4v) is 0.734. The van der Waals surface area contributed by atoms with Crippen LogP contribution in [0.15, 0.2) is 0 Å². The van der Waals surface area contributed by atoms with Gasteiger partial charge in [-0.05, 0) is 25.2 Å². The maximum Gasteiger partial charge on any atom is 0.407 e. The summed E-state index contributed by atoms with van der Waals surface area (Å²) in [5.74, 6) is -0.224. The molecule has 1 rings (SSSR count). The van der Waals surface area contributed by atoms with Crippen LogP contribution < -0.4 is 10.6 Å². The van der Waals surface area contributed by atoms with E-state index in [2.05, 4.69) is 43.1 Å². The molecule has 0 aromatic rings. The first kappa shape index (κ1) is 20.1. The van der Waals surface area contributed by atoms with Gasteiger partial charge >= 0.3 is 6.09 Å². The second kappa shape index (κ2) is 11.8. The molecule has 0 heterocycles. The van der Waals surface area contributed by atoms with Gasteiger partial charge in [0.2, 0.25) is 5.91 Å². The van der Waals surface area contributed by atoms with Gasteiger partial charge in [0.25, 0.3) is 0 Å². The Balaban J connectivity index is 0. The average molecular weight is 274 g/mol. The zero-order chi connectivity index (χ0) is 15.3. The van der Waals surface area contributed by atoms with Gasteiger partial charge < -0.3 is 15.4 Å². The summed E-state index contributed by atoms with van der Waals surface area (Å²) >= 11 is 0. The lowest BCUT2D eigenvalue weighted by atomic mass is 10.2. The number of hydrogen-bond acceptors (Lipinski definition) is 3. The zero-order valence-electron chi connectivity index (χ0n) is 13.3. The van der Waals surface area contributed by atoms with Crippen LogP contribution in [0.1, 0.15) is 53.9 Å².